The van der Waals surface area contributed by atoms with Crippen molar-refractivity contribution in [3.05, 3.63) is 30.3 Å². The molecule has 1 atom stereocenters. The second-order valence-electron chi connectivity index (χ2n) is 3.76. The second-order valence-corrected chi connectivity index (χ2v) is 4.81. The van der Waals surface area contributed by atoms with Crippen LogP contribution >= 0.6 is 8.60 Å². The van der Waals surface area contributed by atoms with Gasteiger partial charge in [-0.25, -0.2) is 4.62 Å². The molecule has 0 radical (unpaired) electrons. The molecule has 0 saturated carbocycles. The molecule has 1 unspecified atom stereocenters. The number of benzene rings is 1. The Bertz CT molecular complexity index is 317. The Morgan fingerprint density at radius 3 is 2.53 bits per heavy atom. The van der Waals surface area contributed by atoms with Crippen molar-refractivity contribution >= 4 is 8.60 Å². The zero-order chi connectivity index (χ0) is 11.9. The van der Waals surface area contributed by atoms with Gasteiger partial charge >= 0.3 is 8.60 Å². The normalized spacial score (nSPS) is 18.2. The molecule has 94 valence electrons. The van der Waals surface area contributed by atoms with E-state index in [1.54, 1.807) is 0 Å². The fourth-order valence-electron chi connectivity index (χ4n) is 1.60. The minimum atomic E-state index is -1.32. The van der Waals surface area contributed by atoms with Crippen LogP contribution in [0.1, 0.15) is 19.8 Å². The van der Waals surface area contributed by atoms with E-state index in [0.717, 1.165) is 18.8 Å². The summed E-state index contributed by atoms with van der Waals surface area (Å²) in [4.78, 5) is 0. The van der Waals surface area contributed by atoms with Gasteiger partial charge in [0.05, 0.1) is 6.61 Å². The maximum absolute atomic E-state index is 5.71. The number of rotatable bonds is 6. The van der Waals surface area contributed by atoms with Crippen LogP contribution in [0, 0.1) is 0 Å². The Kier molecular flexibility index (Phi) is 5.20. The molecule has 4 nitrogen and oxygen atoms in total. The third kappa shape index (κ3) is 4.25. The monoisotopic (exact) mass is 255 g/mol. The topological polar surface area (TPSA) is 30.9 Å². The number of nitrogens with zero attached hydrogens (tertiary/aromatic N) is 1. The van der Waals surface area contributed by atoms with E-state index in [9.17, 15) is 0 Å². The number of hydrogen-bond donors (Lipinski definition) is 0. The Morgan fingerprint density at radius 2 is 1.88 bits per heavy atom. The summed E-state index contributed by atoms with van der Waals surface area (Å²) in [5, 5.41) is 1.93. The molecule has 0 bridgehead atoms. The lowest BCUT2D eigenvalue weighted by Gasteiger charge is -2.21. The highest BCUT2D eigenvalue weighted by atomic mass is 31.2. The van der Waals surface area contributed by atoms with E-state index in [1.807, 2.05) is 42.3 Å². The number of para-hydroxylation sites is 1. The van der Waals surface area contributed by atoms with Gasteiger partial charge in [0.2, 0.25) is 0 Å². The van der Waals surface area contributed by atoms with Crippen LogP contribution in [0.15, 0.2) is 30.3 Å². The summed E-state index contributed by atoms with van der Waals surface area (Å²) >= 11 is 0. The highest BCUT2D eigenvalue weighted by Crippen LogP contribution is 2.41. The first-order chi connectivity index (χ1) is 8.38. The van der Waals surface area contributed by atoms with Crippen molar-refractivity contribution in [2.75, 3.05) is 19.7 Å². The van der Waals surface area contributed by atoms with Crippen LogP contribution in [0.25, 0.3) is 0 Å². The van der Waals surface area contributed by atoms with Gasteiger partial charge in [-0.1, -0.05) is 18.2 Å². The van der Waals surface area contributed by atoms with Gasteiger partial charge < -0.3 is 9.05 Å². The molecule has 1 heterocycles. The van der Waals surface area contributed by atoms with Crippen molar-refractivity contribution in [3.63, 3.8) is 0 Å². The molecule has 1 aliphatic rings. The van der Waals surface area contributed by atoms with Crippen LogP contribution in [0.3, 0.4) is 0 Å². The van der Waals surface area contributed by atoms with Crippen molar-refractivity contribution < 1.29 is 13.7 Å². The van der Waals surface area contributed by atoms with E-state index >= 15 is 0 Å². The molecular weight excluding hydrogens is 237 g/mol. The Hall–Kier alpha value is -0.670. The Morgan fingerprint density at radius 1 is 1.18 bits per heavy atom. The average Bonchev–Trinajstić information content (AvgIpc) is 2.83. The Labute approximate surface area is 103 Å². The third-order valence-electron chi connectivity index (χ3n) is 2.40. The fourth-order valence-corrected chi connectivity index (χ4v) is 2.59. The standard InChI is InChI=1S/C12H18NO3P/c1-2-14-17(16-13-10-6-7-11-13)15-12-8-4-3-5-9-12/h3-5,8-9H,2,6-7,10-11H2,1H3. The molecule has 0 amide bonds. The molecule has 1 saturated heterocycles. The first kappa shape index (κ1) is 12.8. The van der Waals surface area contributed by atoms with Crippen molar-refractivity contribution in [1.82, 2.24) is 5.06 Å². The highest BCUT2D eigenvalue weighted by Gasteiger charge is 2.22. The molecule has 1 aliphatic heterocycles. The minimum Gasteiger partial charge on any atom is -0.426 e. The van der Waals surface area contributed by atoms with Gasteiger partial charge in [0.1, 0.15) is 5.75 Å². The number of hydrogen-bond acceptors (Lipinski definition) is 4. The number of hydroxylamine groups is 2. The first-order valence-electron chi connectivity index (χ1n) is 5.97. The summed E-state index contributed by atoms with van der Waals surface area (Å²) < 4.78 is 16.9. The molecule has 17 heavy (non-hydrogen) atoms. The lowest BCUT2D eigenvalue weighted by molar-refractivity contribution is -0.0484. The van der Waals surface area contributed by atoms with E-state index in [1.165, 1.54) is 12.8 Å². The lowest BCUT2D eigenvalue weighted by atomic mass is 10.3. The molecule has 0 spiro atoms. The molecule has 0 N–H and O–H groups in total. The lowest BCUT2D eigenvalue weighted by Crippen LogP contribution is -2.18. The summed E-state index contributed by atoms with van der Waals surface area (Å²) in [5.74, 6) is 0.784. The van der Waals surface area contributed by atoms with Gasteiger partial charge in [-0.3, -0.25) is 0 Å². The Balaban J connectivity index is 1.87. The third-order valence-corrected chi connectivity index (χ3v) is 3.60. The van der Waals surface area contributed by atoms with Crippen LogP contribution in [-0.2, 0) is 9.15 Å². The van der Waals surface area contributed by atoms with Gasteiger partial charge in [0.25, 0.3) is 0 Å². The quantitative estimate of drug-likeness (QED) is 0.729. The van der Waals surface area contributed by atoms with Crippen LogP contribution in [0.4, 0.5) is 0 Å². The van der Waals surface area contributed by atoms with Gasteiger partial charge in [0, 0.05) is 13.1 Å². The molecular formula is C12H18NO3P. The second kappa shape index (κ2) is 6.92. The van der Waals surface area contributed by atoms with Crippen molar-refractivity contribution in [2.45, 2.75) is 19.8 Å². The van der Waals surface area contributed by atoms with E-state index in [0.29, 0.717) is 6.61 Å². The summed E-state index contributed by atoms with van der Waals surface area (Å²) in [6.45, 7) is 4.46. The van der Waals surface area contributed by atoms with Gasteiger partial charge in [-0.2, -0.15) is 5.06 Å². The highest BCUT2D eigenvalue weighted by molar-refractivity contribution is 7.42. The summed E-state index contributed by atoms with van der Waals surface area (Å²) in [6, 6.07) is 9.63. The smallest absolute Gasteiger partial charge is 0.415 e. The zero-order valence-corrected chi connectivity index (χ0v) is 10.9. The molecule has 1 aromatic rings. The van der Waals surface area contributed by atoms with Crippen LogP contribution in [-0.4, -0.2) is 24.8 Å². The van der Waals surface area contributed by atoms with Crippen LogP contribution < -0.4 is 4.52 Å². The molecule has 1 fully saturated rings. The van der Waals surface area contributed by atoms with Crippen molar-refractivity contribution in [1.29, 1.82) is 0 Å². The predicted molar refractivity (Wildman–Crippen MR) is 67.5 cm³/mol. The van der Waals surface area contributed by atoms with E-state index in [4.69, 9.17) is 13.7 Å². The summed E-state index contributed by atoms with van der Waals surface area (Å²) in [7, 11) is -1.32. The largest absolute Gasteiger partial charge is 0.426 e. The molecule has 5 heteroatoms. The fraction of sp³-hybridized carbons (Fsp3) is 0.500. The average molecular weight is 255 g/mol. The minimum absolute atomic E-state index is 0.590. The molecule has 1 aromatic carbocycles. The van der Waals surface area contributed by atoms with E-state index in [2.05, 4.69) is 0 Å². The summed E-state index contributed by atoms with van der Waals surface area (Å²) in [5.41, 5.74) is 0. The molecule has 0 aromatic heterocycles. The van der Waals surface area contributed by atoms with E-state index < -0.39 is 8.60 Å². The maximum atomic E-state index is 5.71. The van der Waals surface area contributed by atoms with Gasteiger partial charge in [-0.15, -0.1) is 0 Å². The van der Waals surface area contributed by atoms with Crippen LogP contribution in [0.5, 0.6) is 5.75 Å². The zero-order valence-electron chi connectivity index (χ0n) is 10.0. The van der Waals surface area contributed by atoms with Crippen LogP contribution in [0.2, 0.25) is 0 Å². The van der Waals surface area contributed by atoms with Crippen molar-refractivity contribution in [2.24, 2.45) is 0 Å². The van der Waals surface area contributed by atoms with Crippen molar-refractivity contribution in [3.8, 4) is 5.75 Å². The van der Waals surface area contributed by atoms with Gasteiger partial charge in [0.15, 0.2) is 0 Å². The first-order valence-corrected chi connectivity index (χ1v) is 7.07. The van der Waals surface area contributed by atoms with E-state index in [-0.39, 0.29) is 0 Å². The van der Waals surface area contributed by atoms with Gasteiger partial charge in [-0.05, 0) is 31.9 Å². The molecule has 0 aliphatic carbocycles. The molecule has 2 rings (SSSR count). The maximum Gasteiger partial charge on any atom is 0.415 e. The predicted octanol–water partition coefficient (Wildman–Crippen LogP) is 3.36. The summed E-state index contributed by atoms with van der Waals surface area (Å²) in [6.07, 6.45) is 2.36. The SMILES string of the molecule is CCOP(Oc1ccccc1)ON1CCCC1.